The van der Waals surface area contributed by atoms with Gasteiger partial charge in [-0.05, 0) is 6.42 Å². The number of urea groups is 1. The van der Waals surface area contributed by atoms with Crippen LogP contribution in [0.25, 0.3) is 0 Å². The van der Waals surface area contributed by atoms with Crippen LogP contribution in [0.4, 0.5) is 4.79 Å². The Bertz CT molecular complexity index is 411. The maximum absolute atomic E-state index is 12.0. The van der Waals surface area contributed by atoms with E-state index in [9.17, 15) is 4.79 Å². The topological polar surface area (TPSA) is 77.4 Å². The number of nitrogens with zero attached hydrogens (tertiary/aromatic N) is 2. The monoisotopic (exact) mass is 366 g/mol. The number of carbonyl (C=O) groups is 1. The van der Waals surface area contributed by atoms with Crippen molar-refractivity contribution in [2.45, 2.75) is 89.7 Å². The summed E-state index contributed by atoms with van der Waals surface area (Å²) < 4.78 is 5.34. The van der Waals surface area contributed by atoms with Crippen LogP contribution in [0, 0.1) is 11.5 Å². The zero-order valence-corrected chi connectivity index (χ0v) is 16.8. The summed E-state index contributed by atoms with van der Waals surface area (Å²) in [6, 6.07) is -0.291. The number of unbranched alkanes of at least 4 members (excludes halogenated alkanes) is 10. The molecule has 0 spiro atoms. The van der Waals surface area contributed by atoms with Crippen molar-refractivity contribution < 1.29 is 9.53 Å². The summed E-state index contributed by atoms with van der Waals surface area (Å²) in [6.45, 7) is 4.01. The number of hydrogen-bond acceptors (Lipinski definition) is 4. The van der Waals surface area contributed by atoms with Crippen LogP contribution in [0.15, 0.2) is 0 Å². The smallest absolute Gasteiger partial charge is 0.315 e. The second-order valence-electron chi connectivity index (χ2n) is 7.32. The van der Waals surface area contributed by atoms with Crippen molar-refractivity contribution in [1.82, 2.24) is 15.5 Å². The third-order valence-corrected chi connectivity index (χ3v) is 5.09. The predicted octanol–water partition coefficient (Wildman–Crippen LogP) is 3.78. The fourth-order valence-corrected chi connectivity index (χ4v) is 3.44. The first kappa shape index (κ1) is 22.6. The molecular formula is C20H38N4O2. The number of likely N-dealkylation sites (tertiary alicyclic amines) is 1. The molecule has 1 fully saturated rings. The second-order valence-corrected chi connectivity index (χ2v) is 7.32. The molecule has 0 aromatic carbocycles. The van der Waals surface area contributed by atoms with Gasteiger partial charge in [0, 0.05) is 13.7 Å². The van der Waals surface area contributed by atoms with Crippen molar-refractivity contribution in [3.05, 3.63) is 0 Å². The maximum Gasteiger partial charge on any atom is 0.315 e. The van der Waals surface area contributed by atoms with Gasteiger partial charge in [0.2, 0.25) is 0 Å². The van der Waals surface area contributed by atoms with Crippen LogP contribution in [0.5, 0.6) is 0 Å². The van der Waals surface area contributed by atoms with E-state index in [0.29, 0.717) is 19.6 Å². The number of nitrogens with one attached hydrogen (secondary N) is 2. The second kappa shape index (κ2) is 14.7. The normalized spacial score (nSPS) is 19.3. The first-order valence-corrected chi connectivity index (χ1v) is 10.4. The Morgan fingerprint density at radius 1 is 1.04 bits per heavy atom. The summed E-state index contributed by atoms with van der Waals surface area (Å²) in [5.41, 5.74) is 0. The summed E-state index contributed by atoms with van der Waals surface area (Å²) in [7, 11) is 1.61. The van der Waals surface area contributed by atoms with E-state index >= 15 is 0 Å². The molecule has 2 N–H and O–H groups in total. The molecule has 6 nitrogen and oxygen atoms in total. The Labute approximate surface area is 159 Å². The van der Waals surface area contributed by atoms with Gasteiger partial charge in [0.1, 0.15) is 0 Å². The molecule has 0 unspecified atom stereocenters. The average molecular weight is 367 g/mol. The molecule has 0 aromatic heterocycles. The molecule has 0 aliphatic carbocycles. The first-order valence-electron chi connectivity index (χ1n) is 10.4. The zero-order valence-electron chi connectivity index (χ0n) is 16.8. The lowest BCUT2D eigenvalue weighted by molar-refractivity contribution is 0.0947. The number of amides is 2. The third-order valence-electron chi connectivity index (χ3n) is 5.09. The van der Waals surface area contributed by atoms with E-state index in [1.54, 1.807) is 12.0 Å². The van der Waals surface area contributed by atoms with Gasteiger partial charge in [0.25, 0.3) is 0 Å². The van der Waals surface area contributed by atoms with Crippen molar-refractivity contribution in [3.63, 3.8) is 0 Å². The van der Waals surface area contributed by atoms with Crippen LogP contribution in [-0.4, -0.2) is 49.8 Å². The lowest BCUT2D eigenvalue weighted by Crippen LogP contribution is -2.48. The van der Waals surface area contributed by atoms with Gasteiger partial charge in [0.15, 0.2) is 6.19 Å². The Hall–Kier alpha value is -1.48. The number of hydrogen-bond donors (Lipinski definition) is 2. The highest BCUT2D eigenvalue weighted by Gasteiger charge is 2.33. The minimum Gasteiger partial charge on any atom is -0.377 e. The minimum absolute atomic E-state index is 0.123. The molecule has 0 aromatic rings. The Morgan fingerprint density at radius 2 is 1.62 bits per heavy atom. The van der Waals surface area contributed by atoms with Gasteiger partial charge in [0.05, 0.1) is 25.2 Å². The molecule has 150 valence electrons. The van der Waals surface area contributed by atoms with Crippen LogP contribution >= 0.6 is 0 Å². The molecule has 0 radical (unpaired) electrons. The quantitative estimate of drug-likeness (QED) is 0.362. The highest BCUT2D eigenvalue weighted by molar-refractivity contribution is 5.74. The van der Waals surface area contributed by atoms with Crippen LogP contribution in [-0.2, 0) is 4.74 Å². The molecule has 1 aliphatic rings. The molecule has 1 aliphatic heterocycles. The lowest BCUT2D eigenvalue weighted by Gasteiger charge is -2.18. The predicted molar refractivity (Wildman–Crippen MR) is 105 cm³/mol. The van der Waals surface area contributed by atoms with E-state index in [0.717, 1.165) is 6.42 Å². The zero-order chi connectivity index (χ0) is 19.0. The Balaban J connectivity index is 1.93. The molecule has 1 heterocycles. The van der Waals surface area contributed by atoms with E-state index in [2.05, 4.69) is 23.8 Å². The van der Waals surface area contributed by atoms with Crippen LogP contribution in [0.2, 0.25) is 0 Å². The highest BCUT2D eigenvalue weighted by Crippen LogP contribution is 2.12. The summed E-state index contributed by atoms with van der Waals surface area (Å²) in [5.74, 6) is 0. The van der Waals surface area contributed by atoms with Crippen molar-refractivity contribution in [2.24, 2.45) is 0 Å². The molecule has 0 bridgehead atoms. The fraction of sp³-hybridized carbons (Fsp3) is 0.900. The number of rotatable bonds is 14. The van der Waals surface area contributed by atoms with Crippen molar-refractivity contribution >= 4 is 6.03 Å². The maximum atomic E-state index is 12.0. The minimum atomic E-state index is -0.163. The van der Waals surface area contributed by atoms with Gasteiger partial charge in [-0.25, -0.2) is 4.79 Å². The average Bonchev–Trinajstić information content (AvgIpc) is 3.04. The van der Waals surface area contributed by atoms with Gasteiger partial charge in [-0.15, -0.1) is 0 Å². The van der Waals surface area contributed by atoms with Crippen molar-refractivity contribution in [1.29, 1.82) is 5.26 Å². The first-order chi connectivity index (χ1) is 12.7. The van der Waals surface area contributed by atoms with Crippen molar-refractivity contribution in [2.75, 3.05) is 26.7 Å². The number of carbonyl (C=O) groups excluding carboxylic acids is 1. The molecule has 26 heavy (non-hydrogen) atoms. The third kappa shape index (κ3) is 9.86. The Kier molecular flexibility index (Phi) is 12.7. The fourth-order valence-electron chi connectivity index (χ4n) is 3.44. The van der Waals surface area contributed by atoms with Crippen LogP contribution in [0.1, 0.15) is 77.6 Å². The van der Waals surface area contributed by atoms with E-state index < -0.39 is 0 Å². The number of methoxy groups -OCH3 is 1. The largest absolute Gasteiger partial charge is 0.377 e. The molecule has 1 rings (SSSR count). The van der Waals surface area contributed by atoms with E-state index in [1.807, 2.05) is 0 Å². The van der Waals surface area contributed by atoms with Gasteiger partial charge in [-0.2, -0.15) is 5.26 Å². The van der Waals surface area contributed by atoms with E-state index in [-0.39, 0.29) is 18.2 Å². The van der Waals surface area contributed by atoms with Gasteiger partial charge in [-0.1, -0.05) is 71.1 Å². The lowest BCUT2D eigenvalue weighted by atomic mass is 10.1. The summed E-state index contributed by atoms with van der Waals surface area (Å²) in [5, 5.41) is 14.8. The SMILES string of the molecule is CCCCCCCCCCCCCNC(=O)N[C@H]1CN(C#N)C[C@@H]1OC. The standard InChI is InChI=1S/C20H38N4O2/c1-3-4-5-6-7-8-9-10-11-12-13-14-22-20(25)23-18-15-24(17-21)16-19(18)26-2/h18-19H,3-16H2,1-2H3,(H2,22,23,25)/t18-,19-/m0/s1. The summed E-state index contributed by atoms with van der Waals surface area (Å²) >= 11 is 0. The van der Waals surface area contributed by atoms with Gasteiger partial charge >= 0.3 is 6.03 Å². The highest BCUT2D eigenvalue weighted by atomic mass is 16.5. The number of nitriles is 1. The molecule has 0 saturated carbocycles. The molecule has 1 saturated heterocycles. The molecule has 6 heteroatoms. The van der Waals surface area contributed by atoms with Gasteiger partial charge < -0.3 is 20.3 Å². The Morgan fingerprint density at radius 3 is 2.15 bits per heavy atom. The van der Waals surface area contributed by atoms with E-state index in [1.165, 1.54) is 64.2 Å². The molecule has 2 atom stereocenters. The molecule has 2 amide bonds. The van der Waals surface area contributed by atoms with E-state index in [4.69, 9.17) is 10.00 Å². The molecular weight excluding hydrogens is 328 g/mol. The van der Waals surface area contributed by atoms with Crippen LogP contribution in [0.3, 0.4) is 0 Å². The van der Waals surface area contributed by atoms with Gasteiger partial charge in [-0.3, -0.25) is 0 Å². The summed E-state index contributed by atoms with van der Waals surface area (Å²) in [6.07, 6.45) is 16.3. The number of ether oxygens (including phenoxy) is 1. The van der Waals surface area contributed by atoms with Crippen LogP contribution < -0.4 is 10.6 Å². The van der Waals surface area contributed by atoms with Crippen molar-refractivity contribution in [3.8, 4) is 6.19 Å². The summed E-state index contributed by atoms with van der Waals surface area (Å²) in [4.78, 5) is 13.6.